The van der Waals surface area contributed by atoms with Gasteiger partial charge >= 0.3 is 0 Å². The molecule has 1 atom stereocenters. The molecule has 1 aromatic heterocycles. The molecule has 0 radical (unpaired) electrons. The number of hydrogen-bond donors (Lipinski definition) is 2. The molecule has 0 aromatic carbocycles. The molecule has 0 aliphatic carbocycles. The molecule has 2 rings (SSSR count). The minimum absolute atomic E-state index is 0.188. The van der Waals surface area contributed by atoms with Crippen molar-refractivity contribution in [3.63, 3.8) is 0 Å². The van der Waals surface area contributed by atoms with E-state index < -0.39 is 0 Å². The summed E-state index contributed by atoms with van der Waals surface area (Å²) in [4.78, 5) is 7.82. The van der Waals surface area contributed by atoms with E-state index in [4.69, 9.17) is 23.2 Å². The molecular weight excluding hydrogens is 247 g/mol. The number of nitrogens with zero attached hydrogens (tertiary/aromatic N) is 2. The summed E-state index contributed by atoms with van der Waals surface area (Å²) < 4.78 is 0. The molecule has 1 aliphatic rings. The van der Waals surface area contributed by atoms with Crippen LogP contribution >= 0.6 is 23.2 Å². The maximum absolute atomic E-state index is 5.96. The van der Waals surface area contributed by atoms with Crippen LogP contribution in [-0.2, 0) is 6.54 Å². The van der Waals surface area contributed by atoms with Crippen LogP contribution in [0.3, 0.4) is 0 Å². The topological polar surface area (TPSA) is 49.8 Å². The van der Waals surface area contributed by atoms with Crippen LogP contribution in [-0.4, -0.2) is 29.1 Å². The SMILES string of the molecule is Clc1ncc(CN[C@@H]2CCCNC2)c(Cl)n1. The molecular formula is C10H14Cl2N4. The minimum Gasteiger partial charge on any atom is -0.315 e. The average molecular weight is 261 g/mol. The third kappa shape index (κ3) is 3.28. The molecule has 0 unspecified atom stereocenters. The van der Waals surface area contributed by atoms with E-state index in [9.17, 15) is 0 Å². The second-order valence-corrected chi connectivity index (χ2v) is 4.58. The Bertz CT molecular complexity index is 353. The van der Waals surface area contributed by atoms with Crippen molar-refractivity contribution in [1.29, 1.82) is 0 Å². The molecule has 1 saturated heterocycles. The Hall–Kier alpha value is -0.420. The fourth-order valence-corrected chi connectivity index (χ4v) is 2.14. The number of aromatic nitrogens is 2. The molecule has 1 fully saturated rings. The predicted octanol–water partition coefficient (Wildman–Crippen LogP) is 1.62. The van der Waals surface area contributed by atoms with Crippen molar-refractivity contribution < 1.29 is 0 Å². The molecule has 1 aromatic rings. The van der Waals surface area contributed by atoms with Crippen molar-refractivity contribution in [3.05, 3.63) is 22.2 Å². The van der Waals surface area contributed by atoms with E-state index in [1.165, 1.54) is 12.8 Å². The number of rotatable bonds is 3. The maximum atomic E-state index is 5.96. The summed E-state index contributed by atoms with van der Waals surface area (Å²) >= 11 is 11.6. The number of halogens is 2. The van der Waals surface area contributed by atoms with E-state index in [1.807, 2.05) is 0 Å². The van der Waals surface area contributed by atoms with Crippen LogP contribution < -0.4 is 10.6 Å². The second kappa shape index (κ2) is 5.77. The smallest absolute Gasteiger partial charge is 0.223 e. The van der Waals surface area contributed by atoms with Crippen molar-refractivity contribution in [2.45, 2.75) is 25.4 Å². The highest BCUT2D eigenvalue weighted by Crippen LogP contribution is 2.14. The van der Waals surface area contributed by atoms with E-state index in [-0.39, 0.29) is 5.28 Å². The fourth-order valence-electron chi connectivity index (χ4n) is 1.77. The molecule has 6 heteroatoms. The Morgan fingerprint density at radius 1 is 1.50 bits per heavy atom. The first-order chi connectivity index (χ1) is 7.75. The monoisotopic (exact) mass is 260 g/mol. The highest BCUT2D eigenvalue weighted by molar-refractivity contribution is 6.32. The summed E-state index contributed by atoms with van der Waals surface area (Å²) in [5.74, 6) is 0. The molecule has 2 heterocycles. The zero-order chi connectivity index (χ0) is 11.4. The van der Waals surface area contributed by atoms with Gasteiger partial charge in [-0.15, -0.1) is 0 Å². The second-order valence-electron chi connectivity index (χ2n) is 3.88. The third-order valence-corrected chi connectivity index (χ3v) is 3.17. The quantitative estimate of drug-likeness (QED) is 0.641. The normalized spacial score (nSPS) is 21.0. The van der Waals surface area contributed by atoms with Crippen molar-refractivity contribution in [2.24, 2.45) is 0 Å². The van der Waals surface area contributed by atoms with Crippen LogP contribution in [0.1, 0.15) is 18.4 Å². The van der Waals surface area contributed by atoms with E-state index in [2.05, 4.69) is 20.6 Å². The summed E-state index contributed by atoms with van der Waals surface area (Å²) in [6, 6.07) is 0.500. The van der Waals surface area contributed by atoms with Gasteiger partial charge in [-0.2, -0.15) is 0 Å². The van der Waals surface area contributed by atoms with Gasteiger partial charge in [-0.3, -0.25) is 0 Å². The van der Waals surface area contributed by atoms with Crippen LogP contribution in [0.5, 0.6) is 0 Å². The molecule has 16 heavy (non-hydrogen) atoms. The van der Waals surface area contributed by atoms with Crippen LogP contribution in [0, 0.1) is 0 Å². The lowest BCUT2D eigenvalue weighted by Crippen LogP contribution is -2.42. The molecule has 88 valence electrons. The van der Waals surface area contributed by atoms with Gasteiger partial charge in [-0.1, -0.05) is 11.6 Å². The van der Waals surface area contributed by atoms with Gasteiger partial charge in [0, 0.05) is 30.9 Å². The van der Waals surface area contributed by atoms with Crippen molar-refractivity contribution in [2.75, 3.05) is 13.1 Å². The fraction of sp³-hybridized carbons (Fsp3) is 0.600. The van der Waals surface area contributed by atoms with Crippen LogP contribution in [0.2, 0.25) is 10.4 Å². The Kier molecular flexibility index (Phi) is 4.35. The summed E-state index contributed by atoms with van der Waals surface area (Å²) in [7, 11) is 0. The highest BCUT2D eigenvalue weighted by atomic mass is 35.5. The van der Waals surface area contributed by atoms with Crippen LogP contribution in [0.15, 0.2) is 6.20 Å². The zero-order valence-corrected chi connectivity index (χ0v) is 10.4. The van der Waals surface area contributed by atoms with Gasteiger partial charge in [-0.25, -0.2) is 9.97 Å². The number of nitrogens with one attached hydrogen (secondary N) is 2. The lowest BCUT2D eigenvalue weighted by atomic mass is 10.1. The summed E-state index contributed by atoms with van der Waals surface area (Å²) in [5, 5.41) is 7.39. The van der Waals surface area contributed by atoms with Crippen molar-refractivity contribution in [3.8, 4) is 0 Å². The average Bonchev–Trinajstić information content (AvgIpc) is 2.29. The zero-order valence-electron chi connectivity index (χ0n) is 8.84. The molecule has 0 spiro atoms. The highest BCUT2D eigenvalue weighted by Gasteiger charge is 2.13. The Morgan fingerprint density at radius 3 is 3.06 bits per heavy atom. The summed E-state index contributed by atoms with van der Waals surface area (Å²) in [5.41, 5.74) is 0.886. The van der Waals surface area contributed by atoms with Gasteiger partial charge in [0.1, 0.15) is 5.15 Å². The van der Waals surface area contributed by atoms with Gasteiger partial charge in [0.15, 0.2) is 0 Å². The number of hydrogen-bond acceptors (Lipinski definition) is 4. The first kappa shape index (κ1) is 12.0. The van der Waals surface area contributed by atoms with Gasteiger partial charge in [0.2, 0.25) is 5.28 Å². The molecule has 0 amide bonds. The largest absolute Gasteiger partial charge is 0.315 e. The lowest BCUT2D eigenvalue weighted by molar-refractivity contribution is 0.389. The predicted molar refractivity (Wildman–Crippen MR) is 64.8 cm³/mol. The molecule has 0 saturated carbocycles. The minimum atomic E-state index is 0.188. The maximum Gasteiger partial charge on any atom is 0.223 e. The molecule has 1 aliphatic heterocycles. The van der Waals surface area contributed by atoms with Gasteiger partial charge in [0.25, 0.3) is 0 Å². The molecule has 2 N–H and O–H groups in total. The lowest BCUT2D eigenvalue weighted by Gasteiger charge is -2.23. The first-order valence-corrected chi connectivity index (χ1v) is 6.12. The van der Waals surface area contributed by atoms with Gasteiger partial charge < -0.3 is 10.6 Å². The van der Waals surface area contributed by atoms with Crippen molar-refractivity contribution in [1.82, 2.24) is 20.6 Å². The third-order valence-electron chi connectivity index (χ3n) is 2.66. The van der Waals surface area contributed by atoms with E-state index in [0.717, 1.165) is 18.7 Å². The first-order valence-electron chi connectivity index (χ1n) is 5.37. The summed E-state index contributed by atoms with van der Waals surface area (Å²) in [6.45, 7) is 2.80. The molecule has 0 bridgehead atoms. The standard InChI is InChI=1S/C10H14Cl2N4/c11-9-7(5-15-10(12)16-9)4-14-8-2-1-3-13-6-8/h5,8,13-14H,1-4,6H2/t8-/m1/s1. The van der Waals surface area contributed by atoms with Gasteiger partial charge in [0.05, 0.1) is 0 Å². The number of piperidine rings is 1. The van der Waals surface area contributed by atoms with Crippen LogP contribution in [0.4, 0.5) is 0 Å². The van der Waals surface area contributed by atoms with Gasteiger partial charge in [-0.05, 0) is 31.0 Å². The van der Waals surface area contributed by atoms with Crippen molar-refractivity contribution >= 4 is 23.2 Å². The Labute approximate surface area is 105 Å². The molecule has 4 nitrogen and oxygen atoms in total. The summed E-state index contributed by atoms with van der Waals surface area (Å²) in [6.07, 6.45) is 4.07. The van der Waals surface area contributed by atoms with Crippen LogP contribution in [0.25, 0.3) is 0 Å². The Morgan fingerprint density at radius 2 is 2.38 bits per heavy atom. The van der Waals surface area contributed by atoms with E-state index >= 15 is 0 Å². The van der Waals surface area contributed by atoms with E-state index in [1.54, 1.807) is 6.20 Å². The van der Waals surface area contributed by atoms with E-state index in [0.29, 0.717) is 17.7 Å². The Balaban J connectivity index is 1.88.